The van der Waals surface area contributed by atoms with Gasteiger partial charge >= 0.3 is 0 Å². The van der Waals surface area contributed by atoms with Crippen molar-refractivity contribution in [2.24, 2.45) is 0 Å². The van der Waals surface area contributed by atoms with Gasteiger partial charge in [0, 0.05) is 44.8 Å². The van der Waals surface area contributed by atoms with Crippen molar-refractivity contribution in [1.29, 1.82) is 0 Å². The molecule has 1 amide bonds. The third kappa shape index (κ3) is 5.43. The van der Waals surface area contributed by atoms with Gasteiger partial charge in [-0.2, -0.15) is 0 Å². The summed E-state index contributed by atoms with van der Waals surface area (Å²) in [7, 11) is 0. The zero-order valence-corrected chi connectivity index (χ0v) is 17.0. The SMILES string of the molecule is O=C(c1ccc(CN2CCCN(Cc3ccc(F)cc3)CC2)cc1)N1CCCC1. The Bertz CT molecular complexity index is 800. The maximum atomic E-state index is 13.1. The molecule has 2 saturated heterocycles. The number of benzene rings is 2. The summed E-state index contributed by atoms with van der Waals surface area (Å²) in [5, 5.41) is 0. The minimum atomic E-state index is -0.177. The van der Waals surface area contributed by atoms with E-state index in [4.69, 9.17) is 0 Å². The number of hydrogen-bond acceptors (Lipinski definition) is 3. The summed E-state index contributed by atoms with van der Waals surface area (Å²) in [6.07, 6.45) is 3.38. The number of halogens is 1. The van der Waals surface area contributed by atoms with Crippen molar-refractivity contribution in [1.82, 2.24) is 14.7 Å². The van der Waals surface area contributed by atoms with Gasteiger partial charge in [-0.3, -0.25) is 14.6 Å². The molecule has 4 rings (SSSR count). The van der Waals surface area contributed by atoms with Crippen LogP contribution in [0.2, 0.25) is 0 Å². The zero-order chi connectivity index (χ0) is 20.1. The molecule has 154 valence electrons. The number of carbonyl (C=O) groups is 1. The molecule has 2 heterocycles. The lowest BCUT2D eigenvalue weighted by Crippen LogP contribution is -2.30. The number of amides is 1. The Morgan fingerprint density at radius 3 is 1.76 bits per heavy atom. The van der Waals surface area contributed by atoms with Crippen molar-refractivity contribution in [3.8, 4) is 0 Å². The molecule has 0 atom stereocenters. The van der Waals surface area contributed by atoms with E-state index in [9.17, 15) is 9.18 Å². The van der Waals surface area contributed by atoms with E-state index >= 15 is 0 Å². The highest BCUT2D eigenvalue weighted by atomic mass is 19.1. The zero-order valence-electron chi connectivity index (χ0n) is 17.0. The van der Waals surface area contributed by atoms with Crippen molar-refractivity contribution in [3.05, 3.63) is 71.0 Å². The summed E-state index contributed by atoms with van der Waals surface area (Å²) in [5.74, 6) is -0.0100. The smallest absolute Gasteiger partial charge is 0.253 e. The highest BCUT2D eigenvalue weighted by molar-refractivity contribution is 5.94. The van der Waals surface area contributed by atoms with Crippen LogP contribution in [0.15, 0.2) is 48.5 Å². The first-order valence-corrected chi connectivity index (χ1v) is 10.7. The second kappa shape index (κ2) is 9.51. The molecule has 0 N–H and O–H groups in total. The molecule has 2 aromatic rings. The summed E-state index contributed by atoms with van der Waals surface area (Å²) >= 11 is 0. The predicted octanol–water partition coefficient (Wildman–Crippen LogP) is 3.77. The molecule has 0 aliphatic carbocycles. The predicted molar refractivity (Wildman–Crippen MR) is 113 cm³/mol. The fourth-order valence-electron chi connectivity index (χ4n) is 4.30. The minimum Gasteiger partial charge on any atom is -0.339 e. The summed E-state index contributed by atoms with van der Waals surface area (Å²) in [4.78, 5) is 19.4. The molecule has 0 spiro atoms. The van der Waals surface area contributed by atoms with Crippen LogP contribution in [-0.4, -0.2) is 59.9 Å². The molecule has 2 aromatic carbocycles. The largest absolute Gasteiger partial charge is 0.339 e. The van der Waals surface area contributed by atoms with Gasteiger partial charge in [0.15, 0.2) is 0 Å². The van der Waals surface area contributed by atoms with Crippen LogP contribution in [0.1, 0.15) is 40.7 Å². The first-order valence-electron chi connectivity index (χ1n) is 10.7. The molecule has 5 heteroatoms. The van der Waals surface area contributed by atoms with Crippen LogP contribution in [0.4, 0.5) is 4.39 Å². The van der Waals surface area contributed by atoms with E-state index in [1.54, 1.807) is 0 Å². The van der Waals surface area contributed by atoms with Crippen LogP contribution in [0, 0.1) is 5.82 Å². The Labute approximate surface area is 172 Å². The molecule has 0 aromatic heterocycles. The van der Waals surface area contributed by atoms with E-state index in [-0.39, 0.29) is 11.7 Å². The van der Waals surface area contributed by atoms with Crippen molar-refractivity contribution < 1.29 is 9.18 Å². The monoisotopic (exact) mass is 395 g/mol. The first kappa shape index (κ1) is 20.0. The van der Waals surface area contributed by atoms with E-state index in [1.165, 1.54) is 17.7 Å². The summed E-state index contributed by atoms with van der Waals surface area (Å²) in [6.45, 7) is 7.76. The van der Waals surface area contributed by atoms with E-state index in [1.807, 2.05) is 29.2 Å². The van der Waals surface area contributed by atoms with E-state index in [2.05, 4.69) is 21.9 Å². The van der Waals surface area contributed by atoms with Crippen LogP contribution < -0.4 is 0 Å². The Morgan fingerprint density at radius 2 is 1.21 bits per heavy atom. The summed E-state index contributed by atoms with van der Waals surface area (Å²) in [6, 6.07) is 15.0. The van der Waals surface area contributed by atoms with Crippen molar-refractivity contribution in [2.75, 3.05) is 39.3 Å². The number of rotatable bonds is 5. The molecule has 29 heavy (non-hydrogen) atoms. The van der Waals surface area contributed by atoms with Gasteiger partial charge in [0.1, 0.15) is 5.82 Å². The van der Waals surface area contributed by atoms with Crippen molar-refractivity contribution >= 4 is 5.91 Å². The number of nitrogens with zero attached hydrogens (tertiary/aromatic N) is 3. The van der Waals surface area contributed by atoms with Crippen LogP contribution in [-0.2, 0) is 13.1 Å². The van der Waals surface area contributed by atoms with E-state index in [0.717, 1.165) is 82.7 Å². The Morgan fingerprint density at radius 1 is 0.690 bits per heavy atom. The number of likely N-dealkylation sites (tertiary alicyclic amines) is 1. The molecule has 0 radical (unpaired) electrons. The molecule has 0 unspecified atom stereocenters. The second-order valence-corrected chi connectivity index (χ2v) is 8.23. The standard InChI is InChI=1S/C24H30FN3O/c25-23-10-6-21(7-11-23)19-27-13-3-12-26(16-17-27)18-20-4-8-22(9-5-20)24(29)28-14-1-2-15-28/h4-11H,1-3,12-19H2. The van der Waals surface area contributed by atoms with Crippen molar-refractivity contribution in [2.45, 2.75) is 32.4 Å². The maximum absolute atomic E-state index is 13.1. The topological polar surface area (TPSA) is 26.8 Å². The lowest BCUT2D eigenvalue weighted by molar-refractivity contribution is 0.0793. The quantitative estimate of drug-likeness (QED) is 0.771. The maximum Gasteiger partial charge on any atom is 0.253 e. The third-order valence-electron chi connectivity index (χ3n) is 6.00. The van der Waals surface area contributed by atoms with Gasteiger partial charge < -0.3 is 4.90 Å². The summed E-state index contributed by atoms with van der Waals surface area (Å²) < 4.78 is 13.1. The van der Waals surface area contributed by atoms with Crippen LogP contribution in [0.5, 0.6) is 0 Å². The van der Waals surface area contributed by atoms with Crippen LogP contribution >= 0.6 is 0 Å². The van der Waals surface area contributed by atoms with Gasteiger partial charge in [-0.05, 0) is 67.7 Å². The fourth-order valence-corrected chi connectivity index (χ4v) is 4.30. The lowest BCUT2D eigenvalue weighted by Gasteiger charge is -2.22. The molecular formula is C24H30FN3O. The van der Waals surface area contributed by atoms with Gasteiger partial charge in [0.2, 0.25) is 0 Å². The van der Waals surface area contributed by atoms with Gasteiger partial charge in [0.25, 0.3) is 5.91 Å². The van der Waals surface area contributed by atoms with Crippen LogP contribution in [0.25, 0.3) is 0 Å². The molecule has 0 saturated carbocycles. The minimum absolute atomic E-state index is 0.167. The molecule has 0 bridgehead atoms. The van der Waals surface area contributed by atoms with Crippen molar-refractivity contribution in [3.63, 3.8) is 0 Å². The average molecular weight is 396 g/mol. The fraction of sp³-hybridized carbons (Fsp3) is 0.458. The lowest BCUT2D eigenvalue weighted by atomic mass is 10.1. The van der Waals surface area contributed by atoms with Crippen LogP contribution in [0.3, 0.4) is 0 Å². The van der Waals surface area contributed by atoms with Gasteiger partial charge in [-0.1, -0.05) is 24.3 Å². The van der Waals surface area contributed by atoms with Gasteiger partial charge in [0.05, 0.1) is 0 Å². The average Bonchev–Trinajstić information content (AvgIpc) is 3.19. The van der Waals surface area contributed by atoms with E-state index in [0.29, 0.717) is 0 Å². The first-order chi connectivity index (χ1) is 14.2. The Hall–Kier alpha value is -2.24. The highest BCUT2D eigenvalue weighted by Gasteiger charge is 2.20. The van der Waals surface area contributed by atoms with E-state index < -0.39 is 0 Å². The second-order valence-electron chi connectivity index (χ2n) is 8.23. The van der Waals surface area contributed by atoms with Gasteiger partial charge in [-0.25, -0.2) is 4.39 Å². The molecule has 4 nitrogen and oxygen atoms in total. The van der Waals surface area contributed by atoms with Gasteiger partial charge in [-0.15, -0.1) is 0 Å². The molecule has 2 fully saturated rings. The molecule has 2 aliphatic rings. The normalized spacial score (nSPS) is 18.7. The molecular weight excluding hydrogens is 365 g/mol. The number of carbonyl (C=O) groups excluding carboxylic acids is 1. The Balaban J connectivity index is 1.28. The number of hydrogen-bond donors (Lipinski definition) is 0. The Kier molecular flexibility index (Phi) is 6.57. The highest BCUT2D eigenvalue weighted by Crippen LogP contribution is 2.16. The summed E-state index contributed by atoms with van der Waals surface area (Å²) in [5.41, 5.74) is 3.23. The third-order valence-corrected chi connectivity index (χ3v) is 6.00. The molecule has 2 aliphatic heterocycles.